The van der Waals surface area contributed by atoms with Gasteiger partial charge in [-0.1, -0.05) is 33.6 Å². The van der Waals surface area contributed by atoms with Crippen LogP contribution in [0.15, 0.2) is 0 Å². The van der Waals surface area contributed by atoms with Crippen LogP contribution >= 0.6 is 0 Å². The zero-order chi connectivity index (χ0) is 27.6. The molecular weight excluding hydrogens is 523 g/mol. The second-order valence-electron chi connectivity index (χ2n) is 14.0. The third-order valence-electron chi connectivity index (χ3n) is 6.53. The van der Waals surface area contributed by atoms with Gasteiger partial charge in [0.2, 0.25) is 0 Å². The van der Waals surface area contributed by atoms with Crippen molar-refractivity contribution in [2.45, 2.75) is 148 Å². The summed E-state index contributed by atoms with van der Waals surface area (Å²) in [6.07, 6.45) is 2.97. The van der Waals surface area contributed by atoms with Crippen molar-refractivity contribution in [3.63, 3.8) is 0 Å². The molecule has 34 heavy (non-hydrogen) atoms. The Hall–Kier alpha value is 1.10. The lowest BCUT2D eigenvalue weighted by molar-refractivity contribution is 0.282. The summed E-state index contributed by atoms with van der Waals surface area (Å²) in [6.45, 7) is 38.7. The average Bonchev–Trinajstić information content (AvgIpc) is 2.47. The minimum atomic E-state index is -2.26. The summed E-state index contributed by atoms with van der Waals surface area (Å²) >= 11 is 0. The van der Waals surface area contributed by atoms with Gasteiger partial charge in [0.05, 0.1) is 0 Å². The van der Waals surface area contributed by atoms with Crippen LogP contribution in [0, 0.1) is 0 Å². The second-order valence-corrected chi connectivity index (χ2v) is 39.1. The van der Waals surface area contributed by atoms with Crippen molar-refractivity contribution in [3.8, 4) is 0 Å². The van der Waals surface area contributed by atoms with Gasteiger partial charge in [-0.15, -0.1) is 0 Å². The van der Waals surface area contributed by atoms with Crippen LogP contribution in [0.25, 0.3) is 0 Å². The fraction of sp³-hybridized carbons (Fsp3) is 1.00. The summed E-state index contributed by atoms with van der Waals surface area (Å²) in [5.74, 6) is 0. The highest BCUT2D eigenvalue weighted by molar-refractivity contribution is 6.89. The molecular formula is C23H61NO4Si6. The number of nitrogens with two attached hydrogens (primary N) is 1. The molecule has 0 aromatic heterocycles. The third kappa shape index (κ3) is 10.8. The molecule has 2 atom stereocenters. The van der Waals surface area contributed by atoms with Crippen LogP contribution in [0.4, 0.5) is 0 Å². The highest BCUT2D eigenvalue weighted by Gasteiger charge is 2.56. The van der Waals surface area contributed by atoms with Crippen molar-refractivity contribution in [1.29, 1.82) is 0 Å². The molecule has 0 heterocycles. The molecule has 0 aromatic carbocycles. The average molecular weight is 584 g/mol. The monoisotopic (exact) mass is 583 g/mol. The van der Waals surface area contributed by atoms with E-state index in [0.29, 0.717) is 11.1 Å². The standard InChI is InChI=1S/C23H61NO4Si6/c1-18-21(31(10,11)27-33(14,15)25-29(4,5)6)23(24,20-3)22(19-2)32(12,13)28-34(16,17)26-30(7,8)9/h21-22H,18-20,24H2,1-17H3. The molecule has 0 aliphatic carbocycles. The van der Waals surface area contributed by atoms with Crippen LogP contribution in [0.3, 0.4) is 0 Å². The van der Waals surface area contributed by atoms with Gasteiger partial charge < -0.3 is 22.2 Å². The smallest absolute Gasteiger partial charge is 0.311 e. The molecule has 5 nitrogen and oxygen atoms in total. The fourth-order valence-electron chi connectivity index (χ4n) is 6.70. The predicted molar refractivity (Wildman–Crippen MR) is 166 cm³/mol. The topological polar surface area (TPSA) is 62.9 Å². The van der Waals surface area contributed by atoms with Crippen LogP contribution in [0.5, 0.6) is 0 Å². The number of hydrogen-bond donors (Lipinski definition) is 1. The largest absolute Gasteiger partial charge is 0.437 e. The van der Waals surface area contributed by atoms with Gasteiger partial charge in [0.1, 0.15) is 0 Å². The van der Waals surface area contributed by atoms with Crippen molar-refractivity contribution in [2.24, 2.45) is 5.73 Å². The Morgan fingerprint density at radius 3 is 0.971 bits per heavy atom. The van der Waals surface area contributed by atoms with E-state index in [1.807, 2.05) is 0 Å². The Morgan fingerprint density at radius 1 is 0.529 bits per heavy atom. The van der Waals surface area contributed by atoms with Crippen molar-refractivity contribution in [3.05, 3.63) is 0 Å². The van der Waals surface area contributed by atoms with E-state index in [4.69, 9.17) is 22.2 Å². The van der Waals surface area contributed by atoms with Crippen molar-refractivity contribution >= 4 is 50.4 Å². The summed E-state index contributed by atoms with van der Waals surface area (Å²) in [7, 11) is -12.3. The van der Waals surface area contributed by atoms with Crippen LogP contribution in [-0.4, -0.2) is 55.9 Å². The molecule has 0 aromatic rings. The lowest BCUT2D eigenvalue weighted by Crippen LogP contribution is -2.65. The summed E-state index contributed by atoms with van der Waals surface area (Å²) in [5, 5.41) is 0. The Balaban J connectivity index is 6.24. The molecule has 0 fully saturated rings. The Labute approximate surface area is 220 Å². The van der Waals surface area contributed by atoms with Gasteiger partial charge in [-0.2, -0.15) is 0 Å². The lowest BCUT2D eigenvalue weighted by atomic mass is 9.86. The molecule has 0 amide bonds. The molecule has 2 unspecified atom stereocenters. The van der Waals surface area contributed by atoms with Crippen LogP contribution < -0.4 is 5.73 Å². The Morgan fingerprint density at radius 2 is 0.794 bits per heavy atom. The van der Waals surface area contributed by atoms with Crippen LogP contribution in [-0.2, 0) is 16.5 Å². The Bertz CT molecular complexity index is 594. The number of rotatable bonds is 15. The van der Waals surface area contributed by atoms with E-state index in [9.17, 15) is 0 Å². The van der Waals surface area contributed by atoms with E-state index in [1.54, 1.807) is 0 Å². The number of hydrogen-bond acceptors (Lipinski definition) is 5. The van der Waals surface area contributed by atoms with Gasteiger partial charge in [-0.3, -0.25) is 0 Å². The van der Waals surface area contributed by atoms with E-state index in [2.05, 4.69) is 112 Å². The molecule has 2 N–H and O–H groups in total. The van der Waals surface area contributed by atoms with Gasteiger partial charge >= 0.3 is 17.1 Å². The zero-order valence-electron chi connectivity index (χ0n) is 26.0. The molecule has 206 valence electrons. The maximum atomic E-state index is 7.55. The van der Waals surface area contributed by atoms with E-state index in [1.165, 1.54) is 0 Å². The SMILES string of the molecule is CCC(C(N)(CC)C(CC)[Si](C)(C)O[Si](C)(C)O[Si](C)(C)C)[Si](C)(C)O[Si](C)(C)O[Si](C)(C)C. The molecule has 0 rings (SSSR count). The van der Waals surface area contributed by atoms with E-state index in [-0.39, 0.29) is 5.54 Å². The summed E-state index contributed by atoms with van der Waals surface area (Å²) in [5.41, 5.74) is 7.86. The summed E-state index contributed by atoms with van der Waals surface area (Å²) in [6, 6.07) is 0. The molecule has 0 saturated heterocycles. The van der Waals surface area contributed by atoms with E-state index < -0.39 is 50.4 Å². The van der Waals surface area contributed by atoms with E-state index in [0.717, 1.165) is 19.3 Å². The van der Waals surface area contributed by atoms with Crippen LogP contribution in [0.2, 0.25) is 103 Å². The lowest BCUT2D eigenvalue weighted by Gasteiger charge is -2.54. The summed E-state index contributed by atoms with van der Waals surface area (Å²) < 4.78 is 27.3. The highest BCUT2D eigenvalue weighted by atomic mass is 28.5. The predicted octanol–water partition coefficient (Wildman–Crippen LogP) is 8.20. The quantitative estimate of drug-likeness (QED) is 0.197. The maximum absolute atomic E-state index is 7.55. The zero-order valence-corrected chi connectivity index (χ0v) is 32.0. The minimum Gasteiger partial charge on any atom is -0.437 e. The van der Waals surface area contributed by atoms with Crippen molar-refractivity contribution < 1.29 is 16.5 Å². The first-order valence-electron chi connectivity index (χ1n) is 13.4. The molecule has 0 radical (unpaired) electrons. The maximum Gasteiger partial charge on any atom is 0.311 e. The molecule has 0 aliphatic rings. The second kappa shape index (κ2) is 11.9. The first-order chi connectivity index (χ1) is 14.8. The highest BCUT2D eigenvalue weighted by Crippen LogP contribution is 2.50. The first kappa shape index (κ1) is 35.1. The molecule has 0 bridgehead atoms. The van der Waals surface area contributed by atoms with Crippen LogP contribution in [0.1, 0.15) is 40.0 Å². The normalized spacial score (nSPS) is 18.5. The molecule has 11 heteroatoms. The molecule has 0 aliphatic heterocycles. The van der Waals surface area contributed by atoms with Gasteiger partial charge in [0.25, 0.3) is 0 Å². The molecule has 0 saturated carbocycles. The summed E-state index contributed by atoms with van der Waals surface area (Å²) in [4.78, 5) is 0. The first-order valence-corrected chi connectivity index (χ1v) is 31.8. The van der Waals surface area contributed by atoms with Crippen molar-refractivity contribution in [1.82, 2.24) is 0 Å². The van der Waals surface area contributed by atoms with E-state index >= 15 is 0 Å². The van der Waals surface area contributed by atoms with Gasteiger partial charge in [-0.05, 0) is 109 Å². The minimum absolute atomic E-state index is 0.324. The van der Waals surface area contributed by atoms with Gasteiger partial charge in [0, 0.05) is 5.54 Å². The Kier molecular flexibility index (Phi) is 12.3. The van der Waals surface area contributed by atoms with Gasteiger partial charge in [0.15, 0.2) is 33.3 Å². The molecule has 0 spiro atoms. The fourth-order valence-corrected chi connectivity index (χ4v) is 36.4. The van der Waals surface area contributed by atoms with Gasteiger partial charge in [-0.25, -0.2) is 0 Å². The van der Waals surface area contributed by atoms with Crippen molar-refractivity contribution in [2.75, 3.05) is 0 Å². The third-order valence-corrected chi connectivity index (χ3v) is 28.7.